The van der Waals surface area contributed by atoms with Crippen molar-refractivity contribution in [2.24, 2.45) is 0 Å². The van der Waals surface area contributed by atoms with Crippen molar-refractivity contribution in [1.29, 1.82) is 0 Å². The molecule has 0 bridgehead atoms. The van der Waals surface area contributed by atoms with Crippen molar-refractivity contribution >= 4 is 20.0 Å². The van der Waals surface area contributed by atoms with Crippen LogP contribution < -0.4 is 16.3 Å². The van der Waals surface area contributed by atoms with Crippen LogP contribution >= 0.6 is 8.18 Å². The summed E-state index contributed by atoms with van der Waals surface area (Å²) in [5.74, 6) is -0.917. The van der Waals surface area contributed by atoms with Gasteiger partial charge in [0.1, 0.15) is 29.9 Å². The minimum absolute atomic E-state index is 0.0596. The largest absolute Gasteiger partial charge is 0.480 e. The second kappa shape index (κ2) is 10.0. The van der Waals surface area contributed by atoms with Crippen molar-refractivity contribution in [1.82, 2.24) is 14.4 Å². The Balaban J connectivity index is 1.64. The summed E-state index contributed by atoms with van der Waals surface area (Å²) in [5.41, 5.74) is 4.83. The quantitative estimate of drug-likeness (QED) is 0.359. The van der Waals surface area contributed by atoms with E-state index in [1.165, 1.54) is 23.8 Å². The van der Waals surface area contributed by atoms with Crippen LogP contribution in [0, 0.1) is 0 Å². The zero-order valence-corrected chi connectivity index (χ0v) is 17.5. The number of aliphatic hydroxyl groups excluding tert-OH is 1. The standard InChI is InChI=1S/C18H23N4O8P/c1-11(17(24)25)22(30-12-5-3-2-4-6-12)31(27)28-10-14-13(23)9-16(29-14)21-8-7-15(19)20-18(21)26/h2-8,11,13-14,16,23,31H,9-10H2,1H3,(H,24,25)(H2,19,20,26)/t11?,13-,14+,16+/m1/s1. The molecule has 31 heavy (non-hydrogen) atoms. The molecule has 0 aliphatic carbocycles. The van der Waals surface area contributed by atoms with Crippen LogP contribution in [0.15, 0.2) is 47.4 Å². The fourth-order valence-electron chi connectivity index (χ4n) is 2.87. The lowest BCUT2D eigenvalue weighted by Gasteiger charge is -2.25. The molecular formula is C18H23N4O8P. The summed E-state index contributed by atoms with van der Waals surface area (Å²) in [4.78, 5) is 33.2. The third kappa shape index (κ3) is 5.69. The van der Waals surface area contributed by atoms with Gasteiger partial charge in [-0.05, 0) is 25.1 Å². The predicted octanol–water partition coefficient (Wildman–Crippen LogP) is 0.649. The highest BCUT2D eigenvalue weighted by atomic mass is 31.1. The van der Waals surface area contributed by atoms with Crippen molar-refractivity contribution < 1.29 is 33.7 Å². The maximum atomic E-state index is 12.7. The van der Waals surface area contributed by atoms with Crippen LogP contribution in [0.2, 0.25) is 0 Å². The number of benzene rings is 1. The highest BCUT2D eigenvalue weighted by Gasteiger charge is 2.37. The molecule has 0 amide bonds. The van der Waals surface area contributed by atoms with Gasteiger partial charge in [-0.2, -0.15) is 4.98 Å². The van der Waals surface area contributed by atoms with Crippen molar-refractivity contribution in [3.05, 3.63) is 53.1 Å². The number of hydroxylamine groups is 1. The van der Waals surface area contributed by atoms with E-state index in [9.17, 15) is 24.4 Å². The number of aliphatic carboxylic acids is 1. The molecular weight excluding hydrogens is 431 g/mol. The first-order valence-corrected chi connectivity index (χ1v) is 10.6. The number of para-hydroxylation sites is 1. The molecule has 13 heteroatoms. The van der Waals surface area contributed by atoms with E-state index in [-0.39, 0.29) is 24.6 Å². The van der Waals surface area contributed by atoms with E-state index < -0.39 is 44.3 Å². The van der Waals surface area contributed by atoms with Gasteiger partial charge in [-0.25, -0.2) is 4.79 Å². The van der Waals surface area contributed by atoms with Gasteiger partial charge in [0.2, 0.25) is 0 Å². The molecule has 3 rings (SSSR count). The van der Waals surface area contributed by atoms with Crippen molar-refractivity contribution in [3.8, 4) is 5.75 Å². The number of hydrogen-bond donors (Lipinski definition) is 3. The Morgan fingerprint density at radius 2 is 2.13 bits per heavy atom. The first-order valence-electron chi connectivity index (χ1n) is 9.36. The van der Waals surface area contributed by atoms with Crippen LogP contribution in [0.3, 0.4) is 0 Å². The van der Waals surface area contributed by atoms with Gasteiger partial charge in [-0.15, -0.1) is 0 Å². The van der Waals surface area contributed by atoms with Gasteiger partial charge in [-0.3, -0.25) is 13.9 Å². The van der Waals surface area contributed by atoms with E-state index in [2.05, 4.69) is 4.98 Å². The number of aliphatic hydroxyl groups is 1. The minimum Gasteiger partial charge on any atom is -0.480 e. The van der Waals surface area contributed by atoms with Gasteiger partial charge in [0, 0.05) is 12.6 Å². The summed E-state index contributed by atoms with van der Waals surface area (Å²) in [6.45, 7) is 0.988. The summed E-state index contributed by atoms with van der Waals surface area (Å²) in [5, 5.41) is 19.6. The molecule has 1 aromatic carbocycles. The van der Waals surface area contributed by atoms with Crippen LogP contribution in [-0.4, -0.2) is 55.4 Å². The molecule has 1 aromatic heterocycles. The zero-order valence-electron chi connectivity index (χ0n) is 16.5. The van der Waals surface area contributed by atoms with Crippen molar-refractivity contribution in [2.75, 3.05) is 12.3 Å². The second-order valence-electron chi connectivity index (χ2n) is 6.80. The first kappa shape index (κ1) is 22.9. The molecule has 0 saturated carbocycles. The fraction of sp³-hybridized carbons (Fsp3) is 0.389. The Kier molecular flexibility index (Phi) is 7.42. The predicted molar refractivity (Wildman–Crippen MR) is 108 cm³/mol. The number of carboxylic acid groups (broad SMARTS) is 1. The molecule has 168 valence electrons. The SMILES string of the molecule is CC(C(=O)O)N(Oc1ccccc1)[PH](=O)OC[C@@H]1O[C@H](n2ccc(N)nc2=O)C[C@H]1O. The normalized spacial score (nSPS) is 22.9. The Bertz CT molecular complexity index is 988. The molecule has 1 aliphatic heterocycles. The minimum atomic E-state index is -3.18. The van der Waals surface area contributed by atoms with Crippen molar-refractivity contribution in [3.63, 3.8) is 0 Å². The Labute approximate surface area is 177 Å². The van der Waals surface area contributed by atoms with Crippen LogP contribution in [0.1, 0.15) is 19.6 Å². The van der Waals surface area contributed by atoms with Gasteiger partial charge < -0.3 is 30.0 Å². The van der Waals surface area contributed by atoms with E-state index >= 15 is 0 Å². The summed E-state index contributed by atoms with van der Waals surface area (Å²) >= 11 is 0. The lowest BCUT2D eigenvalue weighted by atomic mass is 10.2. The summed E-state index contributed by atoms with van der Waals surface area (Å²) in [6.07, 6.45) is -1.23. The lowest BCUT2D eigenvalue weighted by molar-refractivity contribution is -0.148. The number of ether oxygens (including phenoxy) is 1. The summed E-state index contributed by atoms with van der Waals surface area (Å²) in [6, 6.07) is 8.39. The molecule has 2 heterocycles. The Morgan fingerprint density at radius 1 is 1.42 bits per heavy atom. The van der Waals surface area contributed by atoms with Crippen LogP contribution in [0.4, 0.5) is 5.82 Å². The number of carboxylic acids is 1. The lowest BCUT2D eigenvalue weighted by Crippen LogP contribution is -2.37. The van der Waals surface area contributed by atoms with Crippen molar-refractivity contribution in [2.45, 2.75) is 37.8 Å². The van der Waals surface area contributed by atoms with E-state index in [0.29, 0.717) is 0 Å². The molecule has 2 unspecified atom stereocenters. The van der Waals surface area contributed by atoms with Crippen LogP contribution in [0.5, 0.6) is 5.75 Å². The number of anilines is 1. The molecule has 4 N–H and O–H groups in total. The number of nitrogen functional groups attached to an aromatic ring is 1. The molecule has 12 nitrogen and oxygen atoms in total. The van der Waals surface area contributed by atoms with Crippen LogP contribution in [-0.2, 0) is 18.6 Å². The van der Waals surface area contributed by atoms with Gasteiger partial charge in [0.05, 0.1) is 12.7 Å². The number of carbonyl (C=O) groups is 1. The monoisotopic (exact) mass is 454 g/mol. The average molecular weight is 454 g/mol. The highest BCUT2D eigenvalue weighted by molar-refractivity contribution is 7.36. The molecule has 1 saturated heterocycles. The Morgan fingerprint density at radius 3 is 2.77 bits per heavy atom. The number of nitrogens with zero attached hydrogens (tertiary/aromatic N) is 3. The highest BCUT2D eigenvalue weighted by Crippen LogP contribution is 2.35. The number of hydrogen-bond acceptors (Lipinski definition) is 9. The molecule has 0 spiro atoms. The third-order valence-corrected chi connectivity index (χ3v) is 5.83. The van der Waals surface area contributed by atoms with E-state index in [1.807, 2.05) is 0 Å². The molecule has 5 atom stereocenters. The van der Waals surface area contributed by atoms with E-state index in [4.69, 9.17) is 19.8 Å². The fourth-order valence-corrected chi connectivity index (χ4v) is 3.91. The summed E-state index contributed by atoms with van der Waals surface area (Å²) in [7, 11) is -3.18. The number of rotatable bonds is 9. The van der Waals surface area contributed by atoms with Gasteiger partial charge >= 0.3 is 11.7 Å². The molecule has 2 aromatic rings. The number of nitrogens with two attached hydrogens (primary N) is 1. The number of aromatic nitrogens is 2. The molecule has 1 fully saturated rings. The topological polar surface area (TPSA) is 166 Å². The molecule has 0 radical (unpaired) electrons. The van der Waals surface area contributed by atoms with E-state index in [1.54, 1.807) is 30.3 Å². The smallest absolute Gasteiger partial charge is 0.351 e. The average Bonchev–Trinajstić information content (AvgIpc) is 3.10. The third-order valence-electron chi connectivity index (χ3n) is 4.57. The molecule has 1 aliphatic rings. The summed E-state index contributed by atoms with van der Waals surface area (Å²) < 4.78 is 24.8. The maximum absolute atomic E-state index is 12.7. The maximum Gasteiger partial charge on any atom is 0.351 e. The van der Waals surface area contributed by atoms with Gasteiger partial charge in [0.15, 0.2) is 0 Å². The Hall–Kier alpha value is -2.76. The van der Waals surface area contributed by atoms with E-state index in [0.717, 1.165) is 4.83 Å². The van der Waals surface area contributed by atoms with Crippen LogP contribution in [0.25, 0.3) is 0 Å². The van der Waals surface area contributed by atoms with Gasteiger partial charge in [-0.1, -0.05) is 23.0 Å². The first-order chi connectivity index (χ1) is 14.8. The second-order valence-corrected chi connectivity index (χ2v) is 8.06. The van der Waals surface area contributed by atoms with Gasteiger partial charge in [0.25, 0.3) is 8.18 Å². The zero-order chi connectivity index (χ0) is 22.5.